The zero-order valence-electron chi connectivity index (χ0n) is 14.4. The number of rotatable bonds is 8. The molecule has 136 valence electrons. The van der Waals surface area contributed by atoms with E-state index in [-0.39, 0.29) is 5.82 Å². The Balaban J connectivity index is 1.62. The Kier molecular flexibility index (Phi) is 6.50. The fourth-order valence-electron chi connectivity index (χ4n) is 2.60. The molecule has 0 radical (unpaired) electrons. The van der Waals surface area contributed by atoms with Crippen molar-refractivity contribution in [3.8, 4) is 11.5 Å². The highest BCUT2D eigenvalue weighted by atomic mass is 35.5. The van der Waals surface area contributed by atoms with Crippen LogP contribution in [0, 0.1) is 5.82 Å². The van der Waals surface area contributed by atoms with E-state index in [1.165, 1.54) is 12.1 Å². The lowest BCUT2D eigenvalue weighted by Crippen LogP contribution is -2.80. The van der Waals surface area contributed by atoms with E-state index in [4.69, 9.17) is 21.1 Å². The van der Waals surface area contributed by atoms with E-state index in [0.29, 0.717) is 23.1 Å². The van der Waals surface area contributed by atoms with Crippen LogP contribution in [0.25, 0.3) is 0 Å². The summed E-state index contributed by atoms with van der Waals surface area (Å²) >= 11 is 8.05. The van der Waals surface area contributed by atoms with Crippen LogP contribution in [0.5, 0.6) is 11.5 Å². The predicted molar refractivity (Wildman–Crippen MR) is 102 cm³/mol. The monoisotopic (exact) mass is 392 g/mol. The summed E-state index contributed by atoms with van der Waals surface area (Å²) in [5, 5.41) is 4.67. The van der Waals surface area contributed by atoms with Gasteiger partial charge in [0.25, 0.3) is 0 Å². The Morgan fingerprint density at radius 1 is 1.08 bits per heavy atom. The van der Waals surface area contributed by atoms with Gasteiger partial charge in [0.1, 0.15) is 25.5 Å². The number of ether oxygens (including phenoxy) is 2. The second kappa shape index (κ2) is 9.03. The summed E-state index contributed by atoms with van der Waals surface area (Å²) in [7, 11) is 1.61. The van der Waals surface area contributed by atoms with Crippen LogP contribution < -0.4 is 14.8 Å². The third kappa shape index (κ3) is 4.97. The number of thiophene rings is 1. The molecular formula is C20H20ClFNO2S+. The van der Waals surface area contributed by atoms with Gasteiger partial charge in [-0.3, -0.25) is 0 Å². The second-order valence-corrected chi connectivity index (χ2v) is 7.24. The Morgan fingerprint density at radius 3 is 2.54 bits per heavy atom. The van der Waals surface area contributed by atoms with E-state index in [0.717, 1.165) is 29.1 Å². The molecule has 0 fully saturated rings. The fourth-order valence-corrected chi connectivity index (χ4v) is 3.50. The quantitative estimate of drug-likeness (QED) is 0.617. The van der Waals surface area contributed by atoms with E-state index in [2.05, 4.69) is 5.32 Å². The molecule has 2 aromatic carbocycles. The molecule has 6 heteroatoms. The number of benzene rings is 2. The minimum atomic E-state index is -0.219. The van der Waals surface area contributed by atoms with Crippen LogP contribution in [0.3, 0.4) is 0 Å². The van der Waals surface area contributed by atoms with Crippen LogP contribution in [0.15, 0.2) is 53.9 Å². The molecule has 0 atom stereocenters. The van der Waals surface area contributed by atoms with E-state index in [9.17, 15) is 4.39 Å². The van der Waals surface area contributed by atoms with E-state index in [1.807, 2.05) is 29.6 Å². The zero-order valence-corrected chi connectivity index (χ0v) is 15.9. The maximum atomic E-state index is 12.9. The third-order valence-corrected chi connectivity index (χ3v) is 5.03. The number of methoxy groups -OCH3 is 1. The zero-order chi connectivity index (χ0) is 18.4. The normalized spacial score (nSPS) is 10.7. The third-order valence-electron chi connectivity index (χ3n) is 3.90. The average Bonchev–Trinajstić information content (AvgIpc) is 3.15. The van der Waals surface area contributed by atoms with Crippen molar-refractivity contribution in [1.82, 2.24) is 0 Å². The van der Waals surface area contributed by atoms with Crippen molar-refractivity contribution in [2.45, 2.75) is 19.7 Å². The van der Waals surface area contributed by atoms with Crippen LogP contribution in [-0.2, 0) is 19.7 Å². The summed E-state index contributed by atoms with van der Waals surface area (Å²) in [5.41, 5.74) is 2.11. The summed E-state index contributed by atoms with van der Waals surface area (Å²) < 4.78 is 24.2. The van der Waals surface area contributed by atoms with Gasteiger partial charge in [0.2, 0.25) is 0 Å². The standard InChI is InChI=1S/C20H19ClFNO2S/c1-24-19-10-15(12-23-11-14-4-6-16(22)7-5-14)9-18(21)20(19)25-13-17-3-2-8-26-17/h2-10,23H,11-13H2,1H3/p+1. The predicted octanol–water partition coefficient (Wildman–Crippen LogP) is 4.39. The first kappa shape index (κ1) is 18.7. The summed E-state index contributed by atoms with van der Waals surface area (Å²) in [4.78, 5) is 1.12. The fraction of sp³-hybridized carbons (Fsp3) is 0.200. The Hall–Kier alpha value is -2.08. The molecule has 0 bridgehead atoms. The highest BCUT2D eigenvalue weighted by Crippen LogP contribution is 2.37. The van der Waals surface area contributed by atoms with Crippen LogP contribution in [0.1, 0.15) is 16.0 Å². The van der Waals surface area contributed by atoms with Gasteiger partial charge in [-0.25, -0.2) is 4.39 Å². The van der Waals surface area contributed by atoms with Gasteiger partial charge < -0.3 is 14.8 Å². The molecular weight excluding hydrogens is 373 g/mol. The molecule has 0 aliphatic carbocycles. The molecule has 1 aromatic heterocycles. The van der Waals surface area contributed by atoms with E-state index < -0.39 is 0 Å². The van der Waals surface area contributed by atoms with Gasteiger partial charge in [-0.15, -0.1) is 11.3 Å². The first-order valence-corrected chi connectivity index (χ1v) is 9.49. The number of hydrogen-bond acceptors (Lipinski definition) is 3. The van der Waals surface area contributed by atoms with Crippen molar-refractivity contribution in [1.29, 1.82) is 0 Å². The van der Waals surface area contributed by atoms with Crippen molar-refractivity contribution in [3.63, 3.8) is 0 Å². The maximum absolute atomic E-state index is 12.9. The minimum Gasteiger partial charge on any atom is -0.493 e. The van der Waals surface area contributed by atoms with Gasteiger partial charge >= 0.3 is 0 Å². The van der Waals surface area contributed by atoms with Gasteiger partial charge in [0.05, 0.1) is 12.1 Å². The van der Waals surface area contributed by atoms with Crippen LogP contribution in [0.4, 0.5) is 4.39 Å². The lowest BCUT2D eigenvalue weighted by Gasteiger charge is -2.13. The molecule has 3 rings (SSSR count). The smallest absolute Gasteiger partial charge is 0.180 e. The van der Waals surface area contributed by atoms with E-state index >= 15 is 0 Å². The number of nitrogens with two attached hydrogens (primary N) is 1. The number of halogens is 2. The van der Waals surface area contributed by atoms with Gasteiger partial charge in [-0.2, -0.15) is 0 Å². The van der Waals surface area contributed by atoms with Crippen molar-refractivity contribution in [2.75, 3.05) is 7.11 Å². The van der Waals surface area contributed by atoms with E-state index in [1.54, 1.807) is 30.6 Å². The maximum Gasteiger partial charge on any atom is 0.180 e. The lowest BCUT2D eigenvalue weighted by molar-refractivity contribution is -0.686. The molecule has 0 unspecified atom stereocenters. The molecule has 0 saturated carbocycles. The number of quaternary nitrogens is 1. The average molecular weight is 393 g/mol. The summed E-state index contributed by atoms with van der Waals surface area (Å²) in [5.74, 6) is 0.965. The second-order valence-electron chi connectivity index (χ2n) is 5.80. The molecule has 0 aliphatic rings. The summed E-state index contributed by atoms with van der Waals surface area (Å²) in [6.07, 6.45) is 0. The minimum absolute atomic E-state index is 0.219. The van der Waals surface area contributed by atoms with Crippen molar-refractivity contribution >= 4 is 22.9 Å². The lowest BCUT2D eigenvalue weighted by atomic mass is 10.1. The summed E-state index contributed by atoms with van der Waals surface area (Å²) in [6.45, 7) is 1.96. The van der Waals surface area contributed by atoms with Crippen LogP contribution in [-0.4, -0.2) is 7.11 Å². The molecule has 2 N–H and O–H groups in total. The van der Waals surface area contributed by atoms with Crippen molar-refractivity contribution in [2.24, 2.45) is 0 Å². The molecule has 0 aliphatic heterocycles. The summed E-state index contributed by atoms with van der Waals surface area (Å²) in [6, 6.07) is 14.4. The largest absolute Gasteiger partial charge is 0.493 e. The molecule has 3 nitrogen and oxygen atoms in total. The van der Waals surface area contributed by atoms with Crippen LogP contribution in [0.2, 0.25) is 5.02 Å². The molecule has 0 saturated heterocycles. The highest BCUT2D eigenvalue weighted by molar-refractivity contribution is 7.09. The van der Waals surface area contributed by atoms with Crippen molar-refractivity contribution < 1.29 is 19.2 Å². The highest BCUT2D eigenvalue weighted by Gasteiger charge is 2.13. The molecule has 1 heterocycles. The molecule has 0 amide bonds. The van der Waals surface area contributed by atoms with Gasteiger partial charge in [0, 0.05) is 16.0 Å². The number of hydrogen-bond donors (Lipinski definition) is 1. The van der Waals surface area contributed by atoms with Crippen LogP contribution >= 0.6 is 22.9 Å². The van der Waals surface area contributed by atoms with Gasteiger partial charge in [-0.1, -0.05) is 29.8 Å². The van der Waals surface area contributed by atoms with Gasteiger partial charge in [-0.05, 0) is 35.7 Å². The van der Waals surface area contributed by atoms with Gasteiger partial charge in [0.15, 0.2) is 11.5 Å². The van der Waals surface area contributed by atoms with Crippen molar-refractivity contribution in [3.05, 3.63) is 80.8 Å². The molecule has 0 spiro atoms. The SMILES string of the molecule is COc1cc(C[NH2+]Cc2ccc(F)cc2)cc(Cl)c1OCc1cccs1. The Labute approximate surface area is 161 Å². The first-order valence-electron chi connectivity index (χ1n) is 8.23. The molecule has 3 aromatic rings. The topological polar surface area (TPSA) is 35.1 Å². The first-order chi connectivity index (χ1) is 12.7. The molecule has 26 heavy (non-hydrogen) atoms. The Bertz CT molecular complexity index is 838. The Morgan fingerprint density at radius 2 is 1.85 bits per heavy atom.